The fourth-order valence-corrected chi connectivity index (χ4v) is 9.36. The predicted molar refractivity (Wildman–Crippen MR) is 246 cm³/mol. The molecule has 4 N–H and O–H groups in total. The number of imide groups is 3. The van der Waals surface area contributed by atoms with Crippen LogP contribution in [0.25, 0.3) is 0 Å². The van der Waals surface area contributed by atoms with E-state index in [2.05, 4.69) is 21.3 Å². The first kappa shape index (κ1) is 48.9. The number of rotatable bonds is 22. The van der Waals surface area contributed by atoms with E-state index in [-0.39, 0.29) is 55.3 Å². The van der Waals surface area contributed by atoms with E-state index in [1.54, 1.807) is 55.5 Å². The molecular formula is C50H58FN7O10. The number of unbranched alkanes of at least 4 members (excludes halogenated alkanes) is 8. The Hall–Kier alpha value is -6.98. The van der Waals surface area contributed by atoms with Gasteiger partial charge in [-0.2, -0.15) is 0 Å². The van der Waals surface area contributed by atoms with Crippen LogP contribution in [0.15, 0.2) is 60.7 Å². The Morgan fingerprint density at radius 3 is 2.22 bits per heavy atom. The lowest BCUT2D eigenvalue weighted by atomic mass is 9.94. The number of halogens is 1. The zero-order valence-electron chi connectivity index (χ0n) is 38.5. The highest BCUT2D eigenvalue weighted by Gasteiger charge is 2.58. The molecule has 3 aliphatic heterocycles. The maximum Gasteiger partial charge on any atom is 0.418 e. The quantitative estimate of drug-likeness (QED) is 0.0691. The van der Waals surface area contributed by atoms with Crippen LogP contribution < -0.4 is 21.3 Å². The van der Waals surface area contributed by atoms with Crippen LogP contribution in [-0.2, 0) is 52.1 Å². The van der Waals surface area contributed by atoms with E-state index >= 15 is 0 Å². The van der Waals surface area contributed by atoms with Crippen LogP contribution in [0, 0.1) is 5.82 Å². The first-order valence-corrected chi connectivity index (χ1v) is 23.5. The molecule has 0 aromatic heterocycles. The Morgan fingerprint density at radius 1 is 0.838 bits per heavy atom. The number of fused-ring (bicyclic) bond motifs is 3. The third kappa shape index (κ3) is 11.2. The molecule has 3 aromatic rings. The zero-order chi connectivity index (χ0) is 48.5. The molecule has 0 radical (unpaired) electrons. The molecule has 0 saturated carbocycles. The second-order valence-corrected chi connectivity index (χ2v) is 18.0. The largest absolute Gasteiger partial charge is 0.427 e. The molecule has 3 aromatic carbocycles. The summed E-state index contributed by atoms with van der Waals surface area (Å²) in [6, 6.07) is 14.1. The van der Waals surface area contributed by atoms with Crippen LogP contribution in [0.4, 0.5) is 20.6 Å². The monoisotopic (exact) mass is 935 g/mol. The smallest absolute Gasteiger partial charge is 0.418 e. The molecule has 4 aliphatic rings. The lowest BCUT2D eigenvalue weighted by molar-refractivity contribution is -0.143. The molecule has 7 rings (SSSR count). The van der Waals surface area contributed by atoms with Crippen molar-refractivity contribution in [1.29, 1.82) is 0 Å². The summed E-state index contributed by atoms with van der Waals surface area (Å²) in [6.07, 6.45) is 9.00. The van der Waals surface area contributed by atoms with Crippen LogP contribution in [0.5, 0.6) is 0 Å². The Bertz CT molecular complexity index is 2480. The average molecular weight is 936 g/mol. The van der Waals surface area contributed by atoms with Gasteiger partial charge < -0.3 is 25.6 Å². The molecule has 0 bridgehead atoms. The maximum absolute atomic E-state index is 14.0. The van der Waals surface area contributed by atoms with Crippen LogP contribution in [0.3, 0.4) is 0 Å². The number of benzene rings is 3. The minimum absolute atomic E-state index is 0.0441. The fraction of sp³-hybridized carbons (Fsp3) is 0.460. The lowest BCUT2D eigenvalue weighted by Gasteiger charge is -2.31. The van der Waals surface area contributed by atoms with Gasteiger partial charge in [0.1, 0.15) is 18.4 Å². The van der Waals surface area contributed by atoms with E-state index in [4.69, 9.17) is 4.74 Å². The summed E-state index contributed by atoms with van der Waals surface area (Å²) in [7, 11) is 0. The van der Waals surface area contributed by atoms with E-state index in [0.717, 1.165) is 66.7 Å². The van der Waals surface area contributed by atoms with Crippen molar-refractivity contribution in [1.82, 2.24) is 25.3 Å². The number of nitrogens with zero attached hydrogens (tertiary/aromatic N) is 3. The molecule has 3 heterocycles. The van der Waals surface area contributed by atoms with Crippen molar-refractivity contribution in [3.63, 3.8) is 0 Å². The summed E-state index contributed by atoms with van der Waals surface area (Å²) in [5, 5.41) is 11.2. The summed E-state index contributed by atoms with van der Waals surface area (Å²) in [5.41, 5.74) is 2.07. The number of carbonyl (C=O) groups is 9. The maximum atomic E-state index is 14.0. The number of carbonyl (C=O) groups excluding carboxylic acids is 9. The normalized spacial score (nSPS) is 18.9. The Labute approximate surface area is 393 Å². The predicted octanol–water partition coefficient (Wildman–Crippen LogP) is 5.85. The van der Waals surface area contributed by atoms with Gasteiger partial charge in [0.05, 0.1) is 11.1 Å². The van der Waals surface area contributed by atoms with Gasteiger partial charge in [-0.1, -0.05) is 63.1 Å². The van der Waals surface area contributed by atoms with E-state index < -0.39 is 71.6 Å². The van der Waals surface area contributed by atoms with Gasteiger partial charge in [-0.3, -0.25) is 48.6 Å². The highest BCUT2D eigenvalue weighted by molar-refractivity contribution is 6.23. The van der Waals surface area contributed by atoms with Crippen LogP contribution in [0.2, 0.25) is 0 Å². The molecule has 17 nitrogen and oxygen atoms in total. The molecule has 18 heteroatoms. The second-order valence-electron chi connectivity index (χ2n) is 18.0. The van der Waals surface area contributed by atoms with Gasteiger partial charge >= 0.3 is 6.09 Å². The minimum atomic E-state index is -1.57. The fourth-order valence-electron chi connectivity index (χ4n) is 9.36. The number of hydrogen-bond acceptors (Lipinski definition) is 11. The highest BCUT2D eigenvalue weighted by Crippen LogP contribution is 2.46. The highest BCUT2D eigenvalue weighted by atomic mass is 19.1. The number of piperidine rings is 1. The molecule has 68 heavy (non-hydrogen) atoms. The lowest BCUT2D eigenvalue weighted by Crippen LogP contribution is -2.54. The molecule has 360 valence electrons. The van der Waals surface area contributed by atoms with E-state index in [0.29, 0.717) is 48.3 Å². The van der Waals surface area contributed by atoms with Crippen molar-refractivity contribution in [2.75, 3.05) is 30.3 Å². The summed E-state index contributed by atoms with van der Waals surface area (Å²) in [6.45, 7) is 3.41. The molecule has 1 unspecified atom stereocenters. The van der Waals surface area contributed by atoms with E-state index in [1.165, 1.54) is 24.0 Å². The third-order valence-corrected chi connectivity index (χ3v) is 13.0. The average Bonchev–Trinajstić information content (AvgIpc) is 3.88. The number of hydrogen-bond donors (Lipinski definition) is 4. The number of ether oxygens (including phenoxy) is 1. The standard InChI is InChI=1S/C50H58FN7O10/c1-31(56(29-33-13-15-35(51)16-14-33)44(62)30-57-48(66)50(68-49(57)67)24-23-34-26-37(54-32(2)59)18-20-40(34)50)28-53-42(60)12-10-8-6-4-3-5-7-9-11-25-52-36-17-19-38-39(27-36)47(65)58(46(38)64)41-21-22-43(61)55-45(41)63/h13-20,26-27,31,41,52H,3-12,21-25,28-30H2,1-2H3,(H,53,60)(H,54,59)(H,55,61,63)/t31-,41?,50-/m1/s1. The molecule has 1 aliphatic carbocycles. The van der Waals surface area contributed by atoms with Crippen molar-refractivity contribution in [2.45, 2.75) is 128 Å². The van der Waals surface area contributed by atoms with Gasteiger partial charge in [0.2, 0.25) is 35.1 Å². The minimum Gasteiger partial charge on any atom is -0.427 e. The summed E-state index contributed by atoms with van der Waals surface area (Å²) in [5.74, 6) is -4.16. The van der Waals surface area contributed by atoms with Gasteiger partial charge in [-0.15, -0.1) is 0 Å². The number of amides is 9. The first-order chi connectivity index (χ1) is 32.6. The number of anilines is 2. The molecule has 1 spiro atoms. The van der Waals surface area contributed by atoms with Gasteiger partial charge in [0, 0.05) is 68.8 Å². The van der Waals surface area contributed by atoms with E-state index in [9.17, 15) is 47.5 Å². The van der Waals surface area contributed by atoms with Crippen molar-refractivity contribution in [2.24, 2.45) is 0 Å². The first-order valence-electron chi connectivity index (χ1n) is 23.5. The van der Waals surface area contributed by atoms with Gasteiger partial charge in [0.25, 0.3) is 17.7 Å². The summed E-state index contributed by atoms with van der Waals surface area (Å²) < 4.78 is 19.5. The second kappa shape index (κ2) is 21.8. The Kier molecular flexibility index (Phi) is 15.7. The topological polar surface area (TPSA) is 221 Å². The van der Waals surface area contributed by atoms with Crippen molar-refractivity contribution in [3.05, 3.63) is 94.3 Å². The van der Waals surface area contributed by atoms with Crippen molar-refractivity contribution < 1.29 is 52.3 Å². The van der Waals surface area contributed by atoms with Crippen LogP contribution in [-0.4, -0.2) is 99.8 Å². The molecule has 2 fully saturated rings. The van der Waals surface area contributed by atoms with Crippen LogP contribution >= 0.6 is 0 Å². The Morgan fingerprint density at radius 2 is 1.51 bits per heavy atom. The molecule has 3 atom stereocenters. The SMILES string of the molecule is CC(=O)Nc1ccc2c(c1)CC[C@@]21OC(=O)N(CC(=O)N(Cc2ccc(F)cc2)[C@H](C)CNC(=O)CCCCCCCCCCCNc2ccc3c(c2)C(=O)N(C2CCC(=O)NC2=O)C3=O)C1=O. The summed E-state index contributed by atoms with van der Waals surface area (Å²) >= 11 is 0. The molecule has 2 saturated heterocycles. The Balaban J connectivity index is 0.782. The van der Waals surface area contributed by atoms with Gasteiger partial charge in [-0.25, -0.2) is 14.1 Å². The van der Waals surface area contributed by atoms with Crippen molar-refractivity contribution in [3.8, 4) is 0 Å². The number of aryl methyl sites for hydroxylation is 1. The van der Waals surface area contributed by atoms with Crippen LogP contribution in [0.1, 0.15) is 135 Å². The molecular weight excluding hydrogens is 878 g/mol. The van der Waals surface area contributed by atoms with Gasteiger partial charge in [0.15, 0.2) is 0 Å². The summed E-state index contributed by atoms with van der Waals surface area (Å²) in [4.78, 5) is 119. The molecule has 9 amide bonds. The van der Waals surface area contributed by atoms with Gasteiger partial charge in [-0.05, 0) is 86.2 Å². The zero-order valence-corrected chi connectivity index (χ0v) is 38.5. The van der Waals surface area contributed by atoms with Crippen molar-refractivity contribution >= 4 is 64.7 Å². The third-order valence-electron chi connectivity index (χ3n) is 13.0. The number of nitrogens with one attached hydrogen (secondary N) is 4. The van der Waals surface area contributed by atoms with E-state index in [1.807, 2.05) is 0 Å².